The molecule has 0 spiro atoms. The maximum atomic E-state index is 14.0. The highest BCUT2D eigenvalue weighted by Gasteiger charge is 2.35. The summed E-state index contributed by atoms with van der Waals surface area (Å²) >= 11 is 11.9. The van der Waals surface area contributed by atoms with Gasteiger partial charge in [-0.05, 0) is 41.5 Å². The lowest BCUT2D eigenvalue weighted by Gasteiger charge is -2.14. The Bertz CT molecular complexity index is 1190. The molecule has 4 rings (SSSR count). The standard InChI is InChI=1S/C23H14Cl2F3N/c24-16-10-15(11-17(25)12-16)20(23(26,27)28)13-19-18-8-4-5-9-21(18)29-22(19)14-6-2-1-3-7-14/h1-13,29H. The molecule has 4 aromatic rings. The van der Waals surface area contributed by atoms with Crippen LogP contribution in [0.15, 0.2) is 72.8 Å². The van der Waals surface area contributed by atoms with Crippen LogP contribution in [0.1, 0.15) is 11.1 Å². The zero-order chi connectivity index (χ0) is 20.6. The average Bonchev–Trinajstić information content (AvgIpc) is 3.03. The first kappa shape index (κ1) is 19.6. The van der Waals surface area contributed by atoms with Gasteiger partial charge in [0.15, 0.2) is 0 Å². The highest BCUT2D eigenvalue weighted by Crippen LogP contribution is 2.40. The molecule has 1 aromatic heterocycles. The third kappa shape index (κ3) is 4.04. The van der Waals surface area contributed by atoms with Crippen molar-refractivity contribution >= 4 is 45.8 Å². The molecule has 0 bridgehead atoms. The second kappa shape index (κ2) is 7.62. The topological polar surface area (TPSA) is 15.8 Å². The Morgan fingerprint density at radius 2 is 1.45 bits per heavy atom. The monoisotopic (exact) mass is 431 g/mol. The van der Waals surface area contributed by atoms with E-state index in [0.29, 0.717) is 16.6 Å². The number of aromatic amines is 1. The van der Waals surface area contributed by atoms with E-state index >= 15 is 0 Å². The lowest BCUT2D eigenvalue weighted by molar-refractivity contribution is -0.0683. The number of nitrogens with one attached hydrogen (secondary N) is 1. The van der Waals surface area contributed by atoms with Gasteiger partial charge in [-0.25, -0.2) is 0 Å². The minimum Gasteiger partial charge on any atom is -0.354 e. The van der Waals surface area contributed by atoms with Gasteiger partial charge in [-0.15, -0.1) is 0 Å². The summed E-state index contributed by atoms with van der Waals surface area (Å²) in [6, 6.07) is 20.5. The molecule has 0 saturated heterocycles. The molecule has 1 N–H and O–H groups in total. The molecule has 29 heavy (non-hydrogen) atoms. The van der Waals surface area contributed by atoms with Gasteiger partial charge in [0.05, 0.1) is 11.3 Å². The number of fused-ring (bicyclic) bond motifs is 1. The quantitative estimate of drug-likeness (QED) is 0.336. The van der Waals surface area contributed by atoms with E-state index in [9.17, 15) is 13.2 Å². The fraction of sp³-hybridized carbons (Fsp3) is 0.0435. The Labute approximate surface area is 175 Å². The third-order valence-electron chi connectivity index (χ3n) is 4.58. The molecule has 0 aliphatic carbocycles. The maximum absolute atomic E-state index is 14.0. The van der Waals surface area contributed by atoms with Crippen molar-refractivity contribution in [2.45, 2.75) is 6.18 Å². The van der Waals surface area contributed by atoms with Crippen molar-refractivity contribution in [3.05, 3.63) is 94.0 Å². The predicted octanol–water partition coefficient (Wildman–Crippen LogP) is 8.24. The van der Waals surface area contributed by atoms with Crippen LogP contribution in [0.4, 0.5) is 13.2 Å². The average molecular weight is 432 g/mol. The first-order valence-corrected chi connectivity index (χ1v) is 9.50. The Morgan fingerprint density at radius 1 is 0.828 bits per heavy atom. The first-order valence-electron chi connectivity index (χ1n) is 8.74. The summed E-state index contributed by atoms with van der Waals surface area (Å²) < 4.78 is 42.1. The van der Waals surface area contributed by atoms with Gasteiger partial charge < -0.3 is 4.98 Å². The van der Waals surface area contributed by atoms with Crippen molar-refractivity contribution in [3.8, 4) is 11.3 Å². The summed E-state index contributed by atoms with van der Waals surface area (Å²) in [4.78, 5) is 3.25. The van der Waals surface area contributed by atoms with Crippen molar-refractivity contribution in [1.29, 1.82) is 0 Å². The van der Waals surface area contributed by atoms with E-state index < -0.39 is 11.7 Å². The molecule has 1 nitrogen and oxygen atoms in total. The molecular formula is C23H14Cl2F3N. The number of hydrogen-bond donors (Lipinski definition) is 1. The van der Waals surface area contributed by atoms with E-state index in [4.69, 9.17) is 23.2 Å². The Morgan fingerprint density at radius 3 is 2.10 bits per heavy atom. The van der Waals surface area contributed by atoms with Crippen LogP contribution in [0.3, 0.4) is 0 Å². The fourth-order valence-corrected chi connectivity index (χ4v) is 3.85. The second-order valence-corrected chi connectivity index (χ2v) is 7.41. The summed E-state index contributed by atoms with van der Waals surface area (Å²) in [5.41, 5.74) is 1.71. The minimum absolute atomic E-state index is 0.0840. The van der Waals surface area contributed by atoms with E-state index in [1.54, 1.807) is 12.1 Å². The largest absolute Gasteiger partial charge is 0.417 e. The van der Waals surface area contributed by atoms with Crippen LogP contribution in [0.5, 0.6) is 0 Å². The molecule has 0 aliphatic heterocycles. The van der Waals surface area contributed by atoms with Crippen LogP contribution < -0.4 is 0 Å². The molecule has 6 heteroatoms. The summed E-state index contributed by atoms with van der Waals surface area (Å²) in [6.07, 6.45) is -3.44. The van der Waals surface area contributed by atoms with Gasteiger partial charge in [-0.1, -0.05) is 71.7 Å². The zero-order valence-electron chi connectivity index (χ0n) is 14.9. The number of benzene rings is 3. The van der Waals surface area contributed by atoms with E-state index in [1.165, 1.54) is 18.2 Å². The van der Waals surface area contributed by atoms with Gasteiger partial charge in [0.25, 0.3) is 0 Å². The number of halogens is 5. The lowest BCUT2D eigenvalue weighted by atomic mass is 9.98. The van der Waals surface area contributed by atoms with Crippen molar-refractivity contribution in [2.75, 3.05) is 0 Å². The van der Waals surface area contributed by atoms with Crippen molar-refractivity contribution in [2.24, 2.45) is 0 Å². The van der Waals surface area contributed by atoms with Crippen LogP contribution in [-0.4, -0.2) is 11.2 Å². The molecule has 0 unspecified atom stereocenters. The minimum atomic E-state index is -4.60. The first-order chi connectivity index (χ1) is 13.8. The summed E-state index contributed by atoms with van der Waals surface area (Å²) in [6.45, 7) is 0. The Balaban J connectivity index is 2.02. The van der Waals surface area contributed by atoms with Gasteiger partial charge in [0.1, 0.15) is 0 Å². The highest BCUT2D eigenvalue weighted by molar-refractivity contribution is 6.35. The van der Waals surface area contributed by atoms with E-state index in [-0.39, 0.29) is 15.6 Å². The van der Waals surface area contributed by atoms with Gasteiger partial charge in [-0.2, -0.15) is 13.2 Å². The Hall–Kier alpha value is -2.69. The molecule has 0 atom stereocenters. The SMILES string of the molecule is FC(F)(F)C(=Cc1c(-c2ccccc2)[nH]c2ccccc12)c1cc(Cl)cc(Cl)c1. The molecular weight excluding hydrogens is 418 g/mol. The Kier molecular flexibility index (Phi) is 5.15. The molecule has 1 heterocycles. The zero-order valence-corrected chi connectivity index (χ0v) is 16.4. The van der Waals surface area contributed by atoms with Crippen molar-refractivity contribution < 1.29 is 13.2 Å². The number of aromatic nitrogens is 1. The number of para-hydroxylation sites is 1. The van der Waals surface area contributed by atoms with Crippen LogP contribution in [0, 0.1) is 0 Å². The molecule has 0 amide bonds. The predicted molar refractivity (Wildman–Crippen MR) is 114 cm³/mol. The van der Waals surface area contributed by atoms with Gasteiger partial charge in [-0.3, -0.25) is 0 Å². The fourth-order valence-electron chi connectivity index (χ4n) is 3.33. The number of hydrogen-bond acceptors (Lipinski definition) is 0. The van der Waals surface area contributed by atoms with Gasteiger partial charge in [0.2, 0.25) is 0 Å². The van der Waals surface area contributed by atoms with Gasteiger partial charge in [0, 0.05) is 26.5 Å². The van der Waals surface area contributed by atoms with Crippen molar-refractivity contribution in [3.63, 3.8) is 0 Å². The third-order valence-corrected chi connectivity index (χ3v) is 5.01. The molecule has 146 valence electrons. The number of allylic oxidation sites excluding steroid dienone is 1. The van der Waals surface area contributed by atoms with E-state index in [2.05, 4.69) is 4.98 Å². The van der Waals surface area contributed by atoms with Crippen molar-refractivity contribution in [1.82, 2.24) is 4.98 Å². The maximum Gasteiger partial charge on any atom is 0.417 e. The van der Waals surface area contributed by atoms with Crippen LogP contribution >= 0.6 is 23.2 Å². The number of H-pyrrole nitrogens is 1. The van der Waals surface area contributed by atoms with Crippen LogP contribution in [0.25, 0.3) is 33.8 Å². The molecule has 0 aliphatic rings. The molecule has 0 fully saturated rings. The summed E-state index contributed by atoms with van der Waals surface area (Å²) in [7, 11) is 0. The smallest absolute Gasteiger partial charge is 0.354 e. The highest BCUT2D eigenvalue weighted by atomic mass is 35.5. The normalized spacial score (nSPS) is 12.5. The van der Waals surface area contributed by atoms with Crippen LogP contribution in [-0.2, 0) is 0 Å². The molecule has 3 aromatic carbocycles. The van der Waals surface area contributed by atoms with Gasteiger partial charge >= 0.3 is 6.18 Å². The lowest BCUT2D eigenvalue weighted by Crippen LogP contribution is -2.10. The number of rotatable bonds is 3. The number of alkyl halides is 3. The van der Waals surface area contributed by atoms with Crippen LogP contribution in [0.2, 0.25) is 10.0 Å². The van der Waals surface area contributed by atoms with E-state index in [0.717, 1.165) is 17.2 Å². The summed E-state index contributed by atoms with van der Waals surface area (Å²) in [5.74, 6) is 0. The second-order valence-electron chi connectivity index (χ2n) is 6.54. The molecule has 0 radical (unpaired) electrons. The summed E-state index contributed by atoms with van der Waals surface area (Å²) in [5, 5.41) is 0.982. The van der Waals surface area contributed by atoms with E-state index in [1.807, 2.05) is 42.5 Å². The molecule has 0 saturated carbocycles.